The second kappa shape index (κ2) is 5.95. The molecule has 0 saturated heterocycles. The molecule has 0 radical (unpaired) electrons. The van der Waals surface area contributed by atoms with Gasteiger partial charge in [0.25, 0.3) is 0 Å². The van der Waals surface area contributed by atoms with Crippen LogP contribution in [0.1, 0.15) is 32.7 Å². The summed E-state index contributed by atoms with van der Waals surface area (Å²) in [5.41, 5.74) is 10.7. The Bertz CT molecular complexity index is 693. The lowest BCUT2D eigenvalue weighted by molar-refractivity contribution is 0.0991. The highest BCUT2D eigenvalue weighted by Gasteiger charge is 2.14. The number of rotatable bonds is 4. The first-order chi connectivity index (χ1) is 9.93. The molecule has 1 aromatic carbocycles. The number of methoxy groups -OCH3 is 1. The molecule has 0 amide bonds. The lowest BCUT2D eigenvalue weighted by atomic mass is 10.0. The van der Waals surface area contributed by atoms with Gasteiger partial charge in [-0.05, 0) is 32.4 Å². The summed E-state index contributed by atoms with van der Waals surface area (Å²) < 4.78 is 5.37. The monoisotopic (exact) mass is 284 g/mol. The van der Waals surface area contributed by atoms with Gasteiger partial charge in [-0.2, -0.15) is 0 Å². The van der Waals surface area contributed by atoms with Crippen molar-refractivity contribution in [2.24, 2.45) is 0 Å². The van der Waals surface area contributed by atoms with E-state index in [2.05, 4.69) is 4.98 Å². The van der Waals surface area contributed by atoms with Crippen LogP contribution < -0.4 is 10.5 Å². The van der Waals surface area contributed by atoms with Gasteiger partial charge in [-0.15, -0.1) is 0 Å². The second-order valence-corrected chi connectivity index (χ2v) is 5.22. The first kappa shape index (κ1) is 15.0. The van der Waals surface area contributed by atoms with E-state index in [-0.39, 0.29) is 12.2 Å². The van der Waals surface area contributed by atoms with Crippen molar-refractivity contribution >= 4 is 11.5 Å². The van der Waals surface area contributed by atoms with E-state index < -0.39 is 0 Å². The minimum atomic E-state index is 0.00297. The number of nitrogen functional groups attached to an aromatic ring is 1. The van der Waals surface area contributed by atoms with Crippen molar-refractivity contribution in [3.05, 3.63) is 52.3 Å². The lowest BCUT2D eigenvalue weighted by Crippen LogP contribution is -2.09. The highest BCUT2D eigenvalue weighted by molar-refractivity contribution is 5.98. The first-order valence-electron chi connectivity index (χ1n) is 6.82. The molecule has 0 fully saturated rings. The first-order valence-corrected chi connectivity index (χ1v) is 6.82. The quantitative estimate of drug-likeness (QED) is 0.692. The molecule has 110 valence electrons. The number of aryl methyl sites for hydroxylation is 2. The van der Waals surface area contributed by atoms with Crippen LogP contribution in [0, 0.1) is 20.8 Å². The van der Waals surface area contributed by atoms with Crippen LogP contribution in [0.2, 0.25) is 0 Å². The van der Waals surface area contributed by atoms with Crippen molar-refractivity contribution in [2.75, 3.05) is 12.8 Å². The van der Waals surface area contributed by atoms with E-state index >= 15 is 0 Å². The minimum Gasteiger partial charge on any atom is -0.496 e. The molecular weight excluding hydrogens is 264 g/mol. The van der Waals surface area contributed by atoms with E-state index in [4.69, 9.17) is 10.5 Å². The summed E-state index contributed by atoms with van der Waals surface area (Å²) in [7, 11) is 1.63. The van der Waals surface area contributed by atoms with Gasteiger partial charge in [-0.1, -0.05) is 12.1 Å². The van der Waals surface area contributed by atoms with Crippen molar-refractivity contribution < 1.29 is 9.53 Å². The molecule has 0 saturated carbocycles. The second-order valence-electron chi connectivity index (χ2n) is 5.22. The van der Waals surface area contributed by atoms with Crippen LogP contribution in [0.4, 0.5) is 5.69 Å². The molecule has 2 rings (SSSR count). The highest BCUT2D eigenvalue weighted by atomic mass is 16.5. The van der Waals surface area contributed by atoms with Crippen molar-refractivity contribution in [1.29, 1.82) is 0 Å². The van der Waals surface area contributed by atoms with Gasteiger partial charge in [-0.3, -0.25) is 9.78 Å². The molecule has 4 heteroatoms. The number of carbonyl (C=O) groups is 1. The van der Waals surface area contributed by atoms with Gasteiger partial charge in [-0.25, -0.2) is 0 Å². The zero-order valence-electron chi connectivity index (χ0n) is 12.9. The number of nitrogens with zero attached hydrogens (tertiary/aromatic N) is 1. The molecule has 0 aliphatic rings. The largest absolute Gasteiger partial charge is 0.496 e. The molecule has 1 heterocycles. The number of pyridine rings is 1. The number of benzene rings is 1. The normalized spacial score (nSPS) is 10.5. The van der Waals surface area contributed by atoms with E-state index in [9.17, 15) is 4.79 Å². The van der Waals surface area contributed by atoms with Gasteiger partial charge < -0.3 is 10.5 Å². The summed E-state index contributed by atoms with van der Waals surface area (Å²) in [6.45, 7) is 5.77. The van der Waals surface area contributed by atoms with Gasteiger partial charge in [0.15, 0.2) is 5.78 Å². The summed E-state index contributed by atoms with van der Waals surface area (Å²) in [6, 6.07) is 5.38. The number of ether oxygens (including phenoxy) is 1. The molecule has 1 aromatic heterocycles. The standard InChI is InChI=1S/C17H20N2O2/c1-10-5-6-13(7-14(10)18)16(20)8-15-12(3)17(21-4)11(2)9-19-15/h5-7,9H,8,18H2,1-4H3. The summed E-state index contributed by atoms with van der Waals surface area (Å²) in [6.07, 6.45) is 1.98. The van der Waals surface area contributed by atoms with E-state index in [1.54, 1.807) is 25.4 Å². The molecule has 2 aromatic rings. The zero-order chi connectivity index (χ0) is 15.6. The maximum atomic E-state index is 12.4. The molecule has 0 bridgehead atoms. The fourth-order valence-electron chi connectivity index (χ4n) is 2.32. The molecular formula is C17H20N2O2. The molecule has 0 unspecified atom stereocenters. The zero-order valence-corrected chi connectivity index (χ0v) is 12.9. The van der Waals surface area contributed by atoms with Gasteiger partial charge in [0.2, 0.25) is 0 Å². The van der Waals surface area contributed by atoms with Crippen LogP contribution in [0.5, 0.6) is 5.75 Å². The van der Waals surface area contributed by atoms with Gasteiger partial charge in [0.05, 0.1) is 19.2 Å². The number of carbonyl (C=O) groups excluding carboxylic acids is 1. The third-order valence-electron chi connectivity index (χ3n) is 3.68. The Balaban J connectivity index is 2.29. The van der Waals surface area contributed by atoms with Gasteiger partial charge in [0.1, 0.15) is 5.75 Å². The van der Waals surface area contributed by atoms with E-state index in [1.807, 2.05) is 26.8 Å². The highest BCUT2D eigenvalue weighted by Crippen LogP contribution is 2.25. The minimum absolute atomic E-state index is 0.00297. The van der Waals surface area contributed by atoms with Crippen LogP contribution in [0.25, 0.3) is 0 Å². The fourth-order valence-corrected chi connectivity index (χ4v) is 2.32. The average Bonchev–Trinajstić information content (AvgIpc) is 2.45. The van der Waals surface area contributed by atoms with E-state index in [0.717, 1.165) is 28.1 Å². The predicted molar refractivity (Wildman–Crippen MR) is 83.9 cm³/mol. The summed E-state index contributed by atoms with van der Waals surface area (Å²) >= 11 is 0. The SMILES string of the molecule is COc1c(C)cnc(CC(=O)c2ccc(C)c(N)c2)c1C. The Morgan fingerprint density at radius 3 is 2.57 bits per heavy atom. The Morgan fingerprint density at radius 1 is 1.24 bits per heavy atom. The number of hydrogen-bond donors (Lipinski definition) is 1. The number of hydrogen-bond acceptors (Lipinski definition) is 4. The molecule has 0 spiro atoms. The Hall–Kier alpha value is -2.36. The summed E-state index contributed by atoms with van der Waals surface area (Å²) in [4.78, 5) is 16.7. The maximum Gasteiger partial charge on any atom is 0.168 e. The molecule has 0 aliphatic heterocycles. The van der Waals surface area contributed by atoms with Crippen molar-refractivity contribution in [1.82, 2.24) is 4.98 Å². The number of nitrogens with two attached hydrogens (primary N) is 1. The van der Waals surface area contributed by atoms with Gasteiger partial charge in [0, 0.05) is 28.6 Å². The lowest BCUT2D eigenvalue weighted by Gasteiger charge is -2.12. The molecule has 0 atom stereocenters. The summed E-state index contributed by atoms with van der Waals surface area (Å²) in [5.74, 6) is 0.791. The Labute approximate surface area is 125 Å². The van der Waals surface area contributed by atoms with Crippen LogP contribution in [-0.2, 0) is 6.42 Å². The average molecular weight is 284 g/mol. The third-order valence-corrected chi connectivity index (χ3v) is 3.68. The topological polar surface area (TPSA) is 65.2 Å². The molecule has 0 aliphatic carbocycles. The summed E-state index contributed by atoms with van der Waals surface area (Å²) in [5, 5.41) is 0. The van der Waals surface area contributed by atoms with E-state index in [0.29, 0.717) is 11.3 Å². The van der Waals surface area contributed by atoms with Crippen molar-refractivity contribution in [2.45, 2.75) is 27.2 Å². The number of ketones is 1. The number of anilines is 1. The smallest absolute Gasteiger partial charge is 0.168 e. The third kappa shape index (κ3) is 3.05. The van der Waals surface area contributed by atoms with E-state index in [1.165, 1.54) is 0 Å². The number of aromatic nitrogens is 1. The Kier molecular flexibility index (Phi) is 4.26. The van der Waals surface area contributed by atoms with Crippen molar-refractivity contribution in [3.8, 4) is 5.75 Å². The maximum absolute atomic E-state index is 12.4. The van der Waals surface area contributed by atoms with Crippen LogP contribution in [-0.4, -0.2) is 17.9 Å². The Morgan fingerprint density at radius 2 is 1.95 bits per heavy atom. The number of Topliss-reactive ketones (excluding diaryl/α,β-unsaturated/α-hetero) is 1. The van der Waals surface area contributed by atoms with Crippen LogP contribution in [0.15, 0.2) is 24.4 Å². The predicted octanol–water partition coefficient (Wildman–Crippen LogP) is 3.02. The van der Waals surface area contributed by atoms with Crippen LogP contribution >= 0.6 is 0 Å². The van der Waals surface area contributed by atoms with Crippen LogP contribution in [0.3, 0.4) is 0 Å². The molecule has 21 heavy (non-hydrogen) atoms. The fraction of sp³-hybridized carbons (Fsp3) is 0.294. The van der Waals surface area contributed by atoms with Gasteiger partial charge >= 0.3 is 0 Å². The molecule has 2 N–H and O–H groups in total. The van der Waals surface area contributed by atoms with Crippen molar-refractivity contribution in [3.63, 3.8) is 0 Å². The molecule has 4 nitrogen and oxygen atoms in total.